The molecule has 1 N–H and O–H groups in total. The van der Waals surface area contributed by atoms with E-state index in [1.165, 1.54) is 6.07 Å². The Kier molecular flexibility index (Phi) is 6.88. The quantitative estimate of drug-likeness (QED) is 0.221. The number of aromatic nitrogens is 3. The molecule has 0 radical (unpaired) electrons. The Morgan fingerprint density at radius 3 is 2.61 bits per heavy atom. The Hall–Kier alpha value is -3.07. The van der Waals surface area contributed by atoms with Crippen LogP contribution >= 0.6 is 35.0 Å². The number of benzene rings is 2. The maximum Gasteiger partial charge on any atom is 0.329 e. The van der Waals surface area contributed by atoms with E-state index in [4.69, 9.17) is 27.7 Å². The fourth-order valence-corrected chi connectivity index (χ4v) is 4.53. The van der Waals surface area contributed by atoms with Crippen molar-refractivity contribution < 1.29 is 9.32 Å². The third-order valence-electron chi connectivity index (χ3n) is 4.90. The van der Waals surface area contributed by atoms with Crippen molar-refractivity contribution in [3.8, 4) is 11.3 Å². The van der Waals surface area contributed by atoms with E-state index in [9.17, 15) is 14.4 Å². The molecule has 4 rings (SSSR count). The molecule has 2 aromatic heterocycles. The lowest BCUT2D eigenvalue weighted by Gasteiger charge is -2.09. The molecular formula is C23H17Cl2N3O4S. The number of nitrogens with one attached hydrogen (secondary N) is 1. The van der Waals surface area contributed by atoms with E-state index in [2.05, 4.69) is 10.1 Å². The van der Waals surface area contributed by atoms with E-state index in [1.807, 2.05) is 30.3 Å². The Balaban J connectivity index is 1.49. The molecule has 0 bridgehead atoms. The topological polar surface area (TPSA) is 98.0 Å². The van der Waals surface area contributed by atoms with Crippen LogP contribution in [-0.4, -0.2) is 26.2 Å². The van der Waals surface area contributed by atoms with E-state index in [0.29, 0.717) is 31.9 Å². The van der Waals surface area contributed by atoms with Gasteiger partial charge in [-0.2, -0.15) is 0 Å². The monoisotopic (exact) mass is 501 g/mol. The van der Waals surface area contributed by atoms with Gasteiger partial charge in [0, 0.05) is 22.2 Å². The van der Waals surface area contributed by atoms with Gasteiger partial charge < -0.3 is 9.51 Å². The van der Waals surface area contributed by atoms with Crippen LogP contribution in [0.15, 0.2) is 73.7 Å². The number of thioether (sulfide) groups is 1. The standard InChI is InChI=1S/C23H17Cl2N3O4S/c1-13-21(26-23(31)28(22(13)30)11-14-5-3-2-4-6-14)33-12-19(29)20-10-18(27-32-20)16-8-7-15(24)9-17(16)25/h2-10H,11-12H2,1H3,(H,26,31). The average molecular weight is 502 g/mol. The van der Waals surface area contributed by atoms with Crippen LogP contribution in [0.1, 0.15) is 21.7 Å². The molecule has 0 aliphatic heterocycles. The van der Waals surface area contributed by atoms with Crippen LogP contribution in [0.2, 0.25) is 10.0 Å². The fraction of sp³-hybridized carbons (Fsp3) is 0.130. The minimum absolute atomic E-state index is 0.0425. The third-order valence-corrected chi connectivity index (χ3v) is 6.55. The maximum absolute atomic E-state index is 12.7. The molecule has 0 aliphatic rings. The summed E-state index contributed by atoms with van der Waals surface area (Å²) in [7, 11) is 0. The number of H-pyrrole nitrogens is 1. The molecule has 0 spiro atoms. The van der Waals surface area contributed by atoms with E-state index < -0.39 is 11.2 Å². The molecule has 0 saturated carbocycles. The lowest BCUT2D eigenvalue weighted by Crippen LogP contribution is -2.37. The van der Waals surface area contributed by atoms with Gasteiger partial charge in [0.1, 0.15) is 5.69 Å². The number of ketones is 1. The highest BCUT2D eigenvalue weighted by Crippen LogP contribution is 2.30. The van der Waals surface area contributed by atoms with E-state index in [-0.39, 0.29) is 23.8 Å². The van der Waals surface area contributed by atoms with Gasteiger partial charge in [-0.3, -0.25) is 14.2 Å². The van der Waals surface area contributed by atoms with E-state index in [1.54, 1.807) is 25.1 Å². The Morgan fingerprint density at radius 1 is 1.12 bits per heavy atom. The number of hydrogen-bond acceptors (Lipinski definition) is 6. The second kappa shape index (κ2) is 9.82. The van der Waals surface area contributed by atoms with Crippen molar-refractivity contribution in [2.45, 2.75) is 18.5 Å². The van der Waals surface area contributed by atoms with Gasteiger partial charge in [-0.15, -0.1) is 0 Å². The maximum atomic E-state index is 12.7. The first-order valence-electron chi connectivity index (χ1n) is 9.79. The van der Waals surface area contributed by atoms with Crippen molar-refractivity contribution in [2.75, 3.05) is 5.75 Å². The van der Waals surface area contributed by atoms with Crippen molar-refractivity contribution in [2.24, 2.45) is 0 Å². The van der Waals surface area contributed by atoms with Gasteiger partial charge in [0.2, 0.25) is 11.5 Å². The summed E-state index contributed by atoms with van der Waals surface area (Å²) in [6.45, 7) is 1.77. The Labute approximate surface area is 202 Å². The SMILES string of the molecule is Cc1c(SCC(=O)c2cc(-c3ccc(Cl)cc3Cl)no2)[nH]c(=O)n(Cc2ccccc2)c1=O. The van der Waals surface area contributed by atoms with Gasteiger partial charge in [0.15, 0.2) is 0 Å². The number of hydrogen-bond donors (Lipinski definition) is 1. The van der Waals surface area contributed by atoms with Gasteiger partial charge >= 0.3 is 5.69 Å². The highest BCUT2D eigenvalue weighted by Gasteiger charge is 2.18. The van der Waals surface area contributed by atoms with Crippen molar-refractivity contribution in [3.05, 3.63) is 102 Å². The molecule has 2 heterocycles. The second-order valence-corrected chi connectivity index (χ2v) is 9.00. The minimum Gasteiger partial charge on any atom is -0.352 e. The lowest BCUT2D eigenvalue weighted by atomic mass is 10.1. The number of aromatic amines is 1. The summed E-state index contributed by atoms with van der Waals surface area (Å²) in [6, 6.07) is 15.6. The summed E-state index contributed by atoms with van der Waals surface area (Å²) >= 11 is 13.1. The summed E-state index contributed by atoms with van der Waals surface area (Å²) in [5, 5.41) is 5.11. The van der Waals surface area contributed by atoms with E-state index >= 15 is 0 Å². The van der Waals surface area contributed by atoms with Crippen LogP contribution < -0.4 is 11.2 Å². The fourth-order valence-electron chi connectivity index (χ4n) is 3.14. The molecule has 0 unspecified atom stereocenters. The Morgan fingerprint density at radius 2 is 1.88 bits per heavy atom. The highest BCUT2D eigenvalue weighted by atomic mass is 35.5. The van der Waals surface area contributed by atoms with Crippen LogP contribution in [0.4, 0.5) is 0 Å². The first-order valence-corrected chi connectivity index (χ1v) is 11.5. The summed E-state index contributed by atoms with van der Waals surface area (Å²) in [6.07, 6.45) is 0. The molecule has 2 aromatic carbocycles. The molecule has 0 aliphatic carbocycles. The predicted octanol–water partition coefficient (Wildman–Crippen LogP) is 4.83. The van der Waals surface area contributed by atoms with Gasteiger partial charge in [-0.05, 0) is 30.7 Å². The zero-order chi connectivity index (χ0) is 23.5. The summed E-state index contributed by atoms with van der Waals surface area (Å²) in [5.41, 5.74) is 1.23. The normalized spacial score (nSPS) is 11.0. The van der Waals surface area contributed by atoms with Gasteiger partial charge in [0.05, 0.1) is 22.3 Å². The number of rotatable bonds is 7. The average Bonchev–Trinajstić information content (AvgIpc) is 3.29. The van der Waals surface area contributed by atoms with Crippen molar-refractivity contribution >= 4 is 40.7 Å². The zero-order valence-corrected chi connectivity index (χ0v) is 19.6. The first kappa shape index (κ1) is 23.1. The van der Waals surface area contributed by atoms with Crippen LogP contribution in [-0.2, 0) is 6.54 Å². The predicted molar refractivity (Wildman–Crippen MR) is 129 cm³/mol. The van der Waals surface area contributed by atoms with Crippen LogP contribution in [0.5, 0.6) is 0 Å². The molecule has 0 atom stereocenters. The molecule has 10 heteroatoms. The smallest absolute Gasteiger partial charge is 0.329 e. The Bertz CT molecular complexity index is 1440. The van der Waals surface area contributed by atoms with Crippen molar-refractivity contribution in [3.63, 3.8) is 0 Å². The number of carbonyl (C=O) groups is 1. The number of halogens is 2. The summed E-state index contributed by atoms with van der Waals surface area (Å²) < 4.78 is 6.31. The molecule has 0 saturated heterocycles. The molecule has 0 amide bonds. The minimum atomic E-state index is -0.538. The number of Topliss-reactive ketones (excluding diaryl/α,β-unsaturated/α-hetero) is 1. The van der Waals surface area contributed by atoms with Gasteiger partial charge in [-0.1, -0.05) is 70.5 Å². The first-order chi connectivity index (χ1) is 15.8. The van der Waals surface area contributed by atoms with Crippen molar-refractivity contribution in [1.82, 2.24) is 14.7 Å². The third kappa shape index (κ3) is 5.13. The largest absolute Gasteiger partial charge is 0.352 e. The molecular weight excluding hydrogens is 485 g/mol. The van der Waals surface area contributed by atoms with Crippen LogP contribution in [0, 0.1) is 6.92 Å². The highest BCUT2D eigenvalue weighted by molar-refractivity contribution is 8.00. The van der Waals surface area contributed by atoms with Crippen LogP contribution in [0.25, 0.3) is 11.3 Å². The summed E-state index contributed by atoms with van der Waals surface area (Å²) in [4.78, 5) is 40.6. The number of nitrogens with zero attached hydrogens (tertiary/aromatic N) is 2. The van der Waals surface area contributed by atoms with Gasteiger partial charge in [0.25, 0.3) is 5.56 Å². The molecule has 33 heavy (non-hydrogen) atoms. The molecule has 168 valence electrons. The van der Waals surface area contributed by atoms with Crippen molar-refractivity contribution in [1.29, 1.82) is 0 Å². The summed E-state index contributed by atoms with van der Waals surface area (Å²) in [5.74, 6) is -0.361. The zero-order valence-electron chi connectivity index (χ0n) is 17.3. The number of carbonyl (C=O) groups excluding carboxylic acids is 1. The lowest BCUT2D eigenvalue weighted by molar-refractivity contribution is 0.0983. The molecule has 7 nitrogen and oxygen atoms in total. The van der Waals surface area contributed by atoms with Gasteiger partial charge in [-0.25, -0.2) is 4.79 Å². The molecule has 4 aromatic rings. The van der Waals surface area contributed by atoms with Crippen LogP contribution in [0.3, 0.4) is 0 Å². The van der Waals surface area contributed by atoms with E-state index in [0.717, 1.165) is 21.9 Å². The second-order valence-electron chi connectivity index (χ2n) is 7.17. The molecule has 0 fully saturated rings.